The summed E-state index contributed by atoms with van der Waals surface area (Å²) >= 11 is 0. The van der Waals surface area contributed by atoms with Gasteiger partial charge in [-0.3, -0.25) is 4.79 Å². The quantitative estimate of drug-likeness (QED) is 0.370. The Bertz CT molecular complexity index is 1260. The molecule has 5 atom stereocenters. The Balaban J connectivity index is 1.58. The molecule has 1 fully saturated rings. The highest BCUT2D eigenvalue weighted by Crippen LogP contribution is 2.29. The molecule has 1 saturated heterocycles. The zero-order valence-electron chi connectivity index (χ0n) is 21.4. The standard InChI is InChI=1S/C29H33NO7S/c1-21-27(30-38(32,33)25-16-10-5-11-17-25)29(35-19-24-14-8-4-9-15-24)28(37-22(2)31)26(36-21)20-34-18-23-12-6-3-7-13-23/h3-17,21,26-30H,18-20H2,1-2H3/t21-,26?,27?,28+,29+/m0/s1. The Kier molecular flexibility index (Phi) is 9.65. The van der Waals surface area contributed by atoms with Crippen molar-refractivity contribution in [3.63, 3.8) is 0 Å². The van der Waals surface area contributed by atoms with Crippen molar-refractivity contribution < 1.29 is 32.2 Å². The lowest BCUT2D eigenvalue weighted by atomic mass is 9.93. The third-order valence-corrected chi connectivity index (χ3v) is 7.74. The van der Waals surface area contributed by atoms with E-state index in [9.17, 15) is 13.2 Å². The highest BCUT2D eigenvalue weighted by atomic mass is 32.2. The van der Waals surface area contributed by atoms with Gasteiger partial charge < -0.3 is 18.9 Å². The zero-order valence-corrected chi connectivity index (χ0v) is 22.3. The van der Waals surface area contributed by atoms with Gasteiger partial charge in [0.1, 0.15) is 12.2 Å². The zero-order chi connectivity index (χ0) is 27.0. The van der Waals surface area contributed by atoms with Crippen LogP contribution >= 0.6 is 0 Å². The van der Waals surface area contributed by atoms with Crippen molar-refractivity contribution in [2.75, 3.05) is 6.61 Å². The van der Waals surface area contributed by atoms with Crippen LogP contribution in [0, 0.1) is 0 Å². The molecule has 0 bridgehead atoms. The predicted octanol–water partition coefficient (Wildman–Crippen LogP) is 3.85. The lowest BCUT2D eigenvalue weighted by Crippen LogP contribution is -2.65. The maximum Gasteiger partial charge on any atom is 0.303 e. The second-order valence-electron chi connectivity index (χ2n) is 9.18. The molecule has 0 amide bonds. The van der Waals surface area contributed by atoms with Crippen LogP contribution in [0.25, 0.3) is 0 Å². The Morgan fingerprint density at radius 1 is 0.842 bits per heavy atom. The van der Waals surface area contributed by atoms with Gasteiger partial charge >= 0.3 is 5.97 Å². The summed E-state index contributed by atoms with van der Waals surface area (Å²) in [6, 6.07) is 26.4. The van der Waals surface area contributed by atoms with Gasteiger partial charge in [-0.25, -0.2) is 13.1 Å². The normalized spacial score (nSPS) is 23.6. The molecule has 4 rings (SSSR count). The van der Waals surface area contributed by atoms with Crippen molar-refractivity contribution in [2.45, 2.75) is 62.4 Å². The molecule has 3 aromatic carbocycles. The first-order valence-electron chi connectivity index (χ1n) is 12.5. The van der Waals surface area contributed by atoms with Gasteiger partial charge in [-0.15, -0.1) is 0 Å². The van der Waals surface area contributed by atoms with Crippen molar-refractivity contribution in [1.82, 2.24) is 4.72 Å². The number of rotatable bonds is 11. The molecule has 1 heterocycles. The van der Waals surface area contributed by atoms with Crippen molar-refractivity contribution in [3.05, 3.63) is 102 Å². The van der Waals surface area contributed by atoms with Gasteiger partial charge in [0.15, 0.2) is 6.10 Å². The Morgan fingerprint density at radius 3 is 1.97 bits per heavy atom. The lowest BCUT2D eigenvalue weighted by Gasteiger charge is -2.45. The van der Waals surface area contributed by atoms with E-state index in [1.807, 2.05) is 60.7 Å². The lowest BCUT2D eigenvalue weighted by molar-refractivity contribution is -0.222. The van der Waals surface area contributed by atoms with Crippen molar-refractivity contribution >= 4 is 16.0 Å². The van der Waals surface area contributed by atoms with E-state index in [2.05, 4.69) is 4.72 Å². The molecule has 1 aliphatic heterocycles. The molecule has 9 heteroatoms. The summed E-state index contributed by atoms with van der Waals surface area (Å²) in [6.07, 6.45) is -3.03. The van der Waals surface area contributed by atoms with E-state index < -0.39 is 46.5 Å². The molecule has 0 saturated carbocycles. The summed E-state index contributed by atoms with van der Waals surface area (Å²) in [7, 11) is -3.91. The average molecular weight is 540 g/mol. The summed E-state index contributed by atoms with van der Waals surface area (Å²) in [5, 5.41) is 0. The fourth-order valence-electron chi connectivity index (χ4n) is 4.43. The summed E-state index contributed by atoms with van der Waals surface area (Å²) in [6.45, 7) is 3.74. The number of sulfonamides is 1. The molecule has 0 spiro atoms. The van der Waals surface area contributed by atoms with Gasteiger partial charge in [0.25, 0.3) is 0 Å². The fourth-order valence-corrected chi connectivity index (χ4v) is 5.77. The van der Waals surface area contributed by atoms with Crippen LogP contribution in [0.5, 0.6) is 0 Å². The van der Waals surface area contributed by atoms with E-state index in [0.29, 0.717) is 6.61 Å². The van der Waals surface area contributed by atoms with E-state index in [-0.39, 0.29) is 18.1 Å². The van der Waals surface area contributed by atoms with Crippen molar-refractivity contribution in [2.24, 2.45) is 0 Å². The molecular weight excluding hydrogens is 506 g/mol. The average Bonchev–Trinajstić information content (AvgIpc) is 2.92. The second kappa shape index (κ2) is 13.1. The largest absolute Gasteiger partial charge is 0.457 e. The van der Waals surface area contributed by atoms with Crippen LogP contribution in [-0.4, -0.2) is 51.5 Å². The van der Waals surface area contributed by atoms with Gasteiger partial charge in [-0.1, -0.05) is 78.9 Å². The first-order chi connectivity index (χ1) is 18.3. The summed E-state index contributed by atoms with van der Waals surface area (Å²) in [5.74, 6) is -0.529. The Hall–Kier alpha value is -3.08. The van der Waals surface area contributed by atoms with Crippen LogP contribution in [0.4, 0.5) is 0 Å². The van der Waals surface area contributed by atoms with Crippen LogP contribution in [0.1, 0.15) is 25.0 Å². The molecule has 3 aromatic rings. The van der Waals surface area contributed by atoms with Crippen LogP contribution in [0.15, 0.2) is 95.9 Å². The molecule has 1 aliphatic rings. The molecule has 0 aliphatic carbocycles. The van der Waals surface area contributed by atoms with Crippen LogP contribution < -0.4 is 4.72 Å². The second-order valence-corrected chi connectivity index (χ2v) is 10.9. The molecular formula is C29H33NO7S. The monoisotopic (exact) mass is 539 g/mol. The Labute approximate surface area is 223 Å². The molecule has 0 aromatic heterocycles. The van der Waals surface area contributed by atoms with Crippen LogP contribution in [0.3, 0.4) is 0 Å². The number of carbonyl (C=O) groups excluding carboxylic acids is 1. The van der Waals surface area contributed by atoms with Crippen LogP contribution in [0.2, 0.25) is 0 Å². The maximum absolute atomic E-state index is 13.3. The molecule has 38 heavy (non-hydrogen) atoms. The summed E-state index contributed by atoms with van der Waals surface area (Å²) < 4.78 is 53.4. The van der Waals surface area contributed by atoms with E-state index in [1.165, 1.54) is 19.1 Å². The highest BCUT2D eigenvalue weighted by molar-refractivity contribution is 7.89. The summed E-state index contributed by atoms with van der Waals surface area (Å²) in [4.78, 5) is 12.3. The number of esters is 1. The predicted molar refractivity (Wildman–Crippen MR) is 142 cm³/mol. The molecule has 0 radical (unpaired) electrons. The van der Waals surface area contributed by atoms with E-state index in [4.69, 9.17) is 18.9 Å². The number of nitrogens with one attached hydrogen (secondary N) is 1. The van der Waals surface area contributed by atoms with Gasteiger partial charge in [0.2, 0.25) is 10.0 Å². The number of ether oxygens (including phenoxy) is 4. The topological polar surface area (TPSA) is 100 Å². The van der Waals surface area contributed by atoms with Crippen molar-refractivity contribution in [1.29, 1.82) is 0 Å². The molecule has 2 unspecified atom stereocenters. The number of hydrogen-bond acceptors (Lipinski definition) is 7. The first-order valence-corrected chi connectivity index (χ1v) is 14.0. The third-order valence-electron chi connectivity index (χ3n) is 6.27. The molecule has 1 N–H and O–H groups in total. The molecule has 202 valence electrons. The minimum absolute atomic E-state index is 0.117. The van der Waals surface area contributed by atoms with Gasteiger partial charge in [0.05, 0.1) is 36.9 Å². The van der Waals surface area contributed by atoms with Crippen LogP contribution in [-0.2, 0) is 47.0 Å². The first kappa shape index (κ1) is 27.9. The Morgan fingerprint density at radius 2 is 1.39 bits per heavy atom. The van der Waals surface area contributed by atoms with E-state index >= 15 is 0 Å². The number of carbonyl (C=O) groups is 1. The fraction of sp³-hybridized carbons (Fsp3) is 0.345. The number of hydrogen-bond donors (Lipinski definition) is 1. The third kappa shape index (κ3) is 7.49. The van der Waals surface area contributed by atoms with Gasteiger partial charge in [-0.05, 0) is 30.2 Å². The van der Waals surface area contributed by atoms with E-state index in [1.54, 1.807) is 25.1 Å². The summed E-state index contributed by atoms with van der Waals surface area (Å²) in [5.41, 5.74) is 1.89. The van der Waals surface area contributed by atoms with E-state index in [0.717, 1.165) is 11.1 Å². The smallest absolute Gasteiger partial charge is 0.303 e. The van der Waals surface area contributed by atoms with Crippen molar-refractivity contribution in [3.8, 4) is 0 Å². The number of benzene rings is 3. The minimum Gasteiger partial charge on any atom is -0.457 e. The highest BCUT2D eigenvalue weighted by Gasteiger charge is 2.48. The molecule has 8 nitrogen and oxygen atoms in total. The minimum atomic E-state index is -3.91. The maximum atomic E-state index is 13.3. The van der Waals surface area contributed by atoms with Gasteiger partial charge in [0, 0.05) is 6.92 Å². The SMILES string of the molecule is CC(=O)O[C@@H]1C(COCc2ccccc2)O[C@@H](C)C(NS(=O)(=O)c2ccccc2)[C@H]1OCc1ccccc1. The van der Waals surface area contributed by atoms with Gasteiger partial charge in [-0.2, -0.15) is 0 Å².